The maximum Gasteiger partial charge on any atom is 0.138 e. The SMILES string of the molecule is CNc1nc(C(C)(C)C)nc(NCC(C)(C)O)c1C. The summed E-state index contributed by atoms with van der Waals surface area (Å²) in [6.07, 6.45) is 0. The van der Waals surface area contributed by atoms with Gasteiger partial charge in [0.15, 0.2) is 0 Å². The Bertz CT molecular complexity index is 444. The van der Waals surface area contributed by atoms with E-state index in [-0.39, 0.29) is 5.41 Å². The number of nitrogens with zero attached hydrogens (tertiary/aromatic N) is 2. The molecule has 1 aromatic rings. The predicted octanol–water partition coefficient (Wildman–Crippen LogP) is 2.31. The smallest absolute Gasteiger partial charge is 0.138 e. The third-order valence-corrected chi connectivity index (χ3v) is 2.74. The third kappa shape index (κ3) is 4.35. The molecule has 5 heteroatoms. The highest BCUT2D eigenvalue weighted by molar-refractivity contribution is 5.57. The number of anilines is 2. The molecule has 0 unspecified atom stereocenters. The van der Waals surface area contributed by atoms with Crippen molar-refractivity contribution in [2.75, 3.05) is 24.2 Å². The number of hydrogen-bond donors (Lipinski definition) is 3. The van der Waals surface area contributed by atoms with Crippen LogP contribution >= 0.6 is 0 Å². The number of aliphatic hydroxyl groups is 1. The molecule has 0 aliphatic carbocycles. The van der Waals surface area contributed by atoms with Gasteiger partial charge < -0.3 is 15.7 Å². The van der Waals surface area contributed by atoms with Gasteiger partial charge in [0.05, 0.1) is 5.60 Å². The van der Waals surface area contributed by atoms with E-state index in [0.29, 0.717) is 6.54 Å². The molecule has 0 aromatic carbocycles. The summed E-state index contributed by atoms with van der Waals surface area (Å²) in [5.74, 6) is 2.37. The second-order valence-electron chi connectivity index (χ2n) is 6.54. The topological polar surface area (TPSA) is 70.1 Å². The molecular formula is C14H26N4O. The summed E-state index contributed by atoms with van der Waals surface area (Å²) in [6.45, 7) is 12.2. The summed E-state index contributed by atoms with van der Waals surface area (Å²) < 4.78 is 0. The van der Waals surface area contributed by atoms with Gasteiger partial charge in [0.2, 0.25) is 0 Å². The number of rotatable bonds is 4. The Morgan fingerprint density at radius 2 is 1.58 bits per heavy atom. The van der Waals surface area contributed by atoms with Crippen molar-refractivity contribution < 1.29 is 5.11 Å². The lowest BCUT2D eigenvalue weighted by Gasteiger charge is -2.23. The number of aromatic nitrogens is 2. The van der Waals surface area contributed by atoms with E-state index >= 15 is 0 Å². The summed E-state index contributed by atoms with van der Waals surface area (Å²) in [5, 5.41) is 16.1. The van der Waals surface area contributed by atoms with Crippen LogP contribution in [0.3, 0.4) is 0 Å². The second-order valence-corrected chi connectivity index (χ2v) is 6.54. The van der Waals surface area contributed by atoms with Crippen LogP contribution in [0, 0.1) is 6.92 Å². The van der Waals surface area contributed by atoms with Gasteiger partial charge in [-0.1, -0.05) is 20.8 Å². The van der Waals surface area contributed by atoms with Crippen LogP contribution in [0.1, 0.15) is 46.0 Å². The number of nitrogens with one attached hydrogen (secondary N) is 2. The zero-order valence-corrected chi connectivity index (χ0v) is 13.0. The van der Waals surface area contributed by atoms with Gasteiger partial charge in [-0.05, 0) is 20.8 Å². The zero-order valence-electron chi connectivity index (χ0n) is 13.0. The van der Waals surface area contributed by atoms with Crippen molar-refractivity contribution in [2.45, 2.75) is 52.6 Å². The lowest BCUT2D eigenvalue weighted by Crippen LogP contribution is -2.30. The summed E-state index contributed by atoms with van der Waals surface area (Å²) in [6, 6.07) is 0. The van der Waals surface area contributed by atoms with Crippen LogP contribution in [-0.2, 0) is 5.41 Å². The van der Waals surface area contributed by atoms with Crippen molar-refractivity contribution in [2.24, 2.45) is 0 Å². The lowest BCUT2D eigenvalue weighted by atomic mass is 9.95. The van der Waals surface area contributed by atoms with E-state index in [1.807, 2.05) is 14.0 Å². The fourth-order valence-corrected chi connectivity index (χ4v) is 1.57. The number of hydrogen-bond acceptors (Lipinski definition) is 5. The van der Waals surface area contributed by atoms with Crippen LogP contribution in [0.4, 0.5) is 11.6 Å². The van der Waals surface area contributed by atoms with Crippen molar-refractivity contribution in [3.63, 3.8) is 0 Å². The molecule has 1 aromatic heterocycles. The van der Waals surface area contributed by atoms with Gasteiger partial charge in [-0.25, -0.2) is 9.97 Å². The maximum atomic E-state index is 9.80. The Morgan fingerprint density at radius 3 is 2.00 bits per heavy atom. The van der Waals surface area contributed by atoms with Crippen LogP contribution in [0.25, 0.3) is 0 Å². The van der Waals surface area contributed by atoms with Gasteiger partial charge in [-0.15, -0.1) is 0 Å². The fourth-order valence-electron chi connectivity index (χ4n) is 1.57. The minimum atomic E-state index is -0.779. The minimum absolute atomic E-state index is 0.121. The van der Waals surface area contributed by atoms with Gasteiger partial charge in [0.25, 0.3) is 0 Å². The van der Waals surface area contributed by atoms with E-state index in [1.54, 1.807) is 13.8 Å². The van der Waals surface area contributed by atoms with E-state index in [4.69, 9.17) is 0 Å². The Morgan fingerprint density at radius 1 is 1.05 bits per heavy atom. The van der Waals surface area contributed by atoms with Crippen molar-refractivity contribution in [3.05, 3.63) is 11.4 Å². The predicted molar refractivity (Wildman–Crippen MR) is 79.8 cm³/mol. The molecule has 0 spiro atoms. The molecule has 0 atom stereocenters. The molecule has 0 aliphatic rings. The Hall–Kier alpha value is -1.36. The van der Waals surface area contributed by atoms with E-state index in [2.05, 4.69) is 41.4 Å². The minimum Gasteiger partial charge on any atom is -0.389 e. The van der Waals surface area contributed by atoms with E-state index in [0.717, 1.165) is 23.0 Å². The highest BCUT2D eigenvalue weighted by atomic mass is 16.3. The molecule has 0 aliphatic heterocycles. The van der Waals surface area contributed by atoms with Crippen molar-refractivity contribution >= 4 is 11.6 Å². The van der Waals surface area contributed by atoms with Gasteiger partial charge >= 0.3 is 0 Å². The molecule has 0 saturated heterocycles. The van der Waals surface area contributed by atoms with Gasteiger partial charge in [-0.2, -0.15) is 0 Å². The zero-order chi connectivity index (χ0) is 14.8. The quantitative estimate of drug-likeness (QED) is 0.780. The molecule has 0 fully saturated rings. The second kappa shape index (κ2) is 5.33. The molecule has 19 heavy (non-hydrogen) atoms. The lowest BCUT2D eigenvalue weighted by molar-refractivity contribution is 0.0944. The largest absolute Gasteiger partial charge is 0.389 e. The average molecular weight is 266 g/mol. The first kappa shape index (κ1) is 15.7. The Balaban J connectivity index is 3.15. The summed E-state index contributed by atoms with van der Waals surface area (Å²) in [4.78, 5) is 9.12. The summed E-state index contributed by atoms with van der Waals surface area (Å²) in [5.41, 5.74) is 0.0589. The van der Waals surface area contributed by atoms with Crippen LogP contribution in [-0.4, -0.2) is 34.3 Å². The molecule has 0 bridgehead atoms. The van der Waals surface area contributed by atoms with Gasteiger partial charge in [0.1, 0.15) is 17.5 Å². The molecule has 108 valence electrons. The molecule has 3 N–H and O–H groups in total. The van der Waals surface area contributed by atoms with Gasteiger partial charge in [-0.3, -0.25) is 0 Å². The molecule has 0 amide bonds. The van der Waals surface area contributed by atoms with Crippen LogP contribution in [0.2, 0.25) is 0 Å². The first-order valence-electron chi connectivity index (χ1n) is 6.58. The first-order valence-corrected chi connectivity index (χ1v) is 6.58. The molecule has 1 heterocycles. The van der Waals surface area contributed by atoms with Crippen LogP contribution in [0.5, 0.6) is 0 Å². The molecule has 1 rings (SSSR count). The van der Waals surface area contributed by atoms with E-state index in [9.17, 15) is 5.11 Å². The maximum absolute atomic E-state index is 9.80. The standard InChI is InChI=1S/C14H26N4O/c1-9-10(15-7)17-12(13(2,3)4)18-11(9)16-8-14(5,6)19/h19H,8H2,1-7H3,(H2,15,16,17,18). The molecule has 5 nitrogen and oxygen atoms in total. The molecule has 0 radical (unpaired) electrons. The van der Waals surface area contributed by atoms with Crippen molar-refractivity contribution in [3.8, 4) is 0 Å². The van der Waals surface area contributed by atoms with E-state index in [1.165, 1.54) is 0 Å². The monoisotopic (exact) mass is 266 g/mol. The summed E-state index contributed by atoms with van der Waals surface area (Å²) >= 11 is 0. The highest BCUT2D eigenvalue weighted by Gasteiger charge is 2.21. The summed E-state index contributed by atoms with van der Waals surface area (Å²) in [7, 11) is 1.85. The normalized spacial score (nSPS) is 12.4. The fraction of sp³-hybridized carbons (Fsp3) is 0.714. The first-order chi connectivity index (χ1) is 8.54. The molecule has 0 saturated carbocycles. The van der Waals surface area contributed by atoms with Crippen molar-refractivity contribution in [1.29, 1.82) is 0 Å². The van der Waals surface area contributed by atoms with Gasteiger partial charge in [0, 0.05) is 24.6 Å². The van der Waals surface area contributed by atoms with Crippen molar-refractivity contribution in [1.82, 2.24) is 9.97 Å². The van der Waals surface area contributed by atoms with Crippen LogP contribution in [0.15, 0.2) is 0 Å². The van der Waals surface area contributed by atoms with E-state index < -0.39 is 5.60 Å². The highest BCUT2D eigenvalue weighted by Crippen LogP contribution is 2.26. The molecular weight excluding hydrogens is 240 g/mol. The third-order valence-electron chi connectivity index (χ3n) is 2.74. The van der Waals surface area contributed by atoms with Crippen LogP contribution < -0.4 is 10.6 Å². The Kier molecular flexibility index (Phi) is 4.40. The Labute approximate surface area is 115 Å². The average Bonchev–Trinajstić information content (AvgIpc) is 2.25.